The monoisotopic (exact) mass is 283 g/mol. The van der Waals surface area contributed by atoms with Gasteiger partial charge in [-0.3, -0.25) is 0 Å². The van der Waals surface area contributed by atoms with E-state index in [2.05, 4.69) is 56.0 Å². The molecule has 2 rings (SSSR count). The maximum Gasteiger partial charge on any atom is 0.0964 e. The molecule has 2 aromatic rings. The molecule has 0 aliphatic rings. The van der Waals surface area contributed by atoms with Gasteiger partial charge in [-0.05, 0) is 43.0 Å². The van der Waals surface area contributed by atoms with E-state index >= 15 is 0 Å². The molecule has 0 aliphatic heterocycles. The minimum absolute atomic E-state index is 0.471. The van der Waals surface area contributed by atoms with Gasteiger partial charge in [-0.25, -0.2) is 0 Å². The van der Waals surface area contributed by atoms with E-state index in [0.717, 1.165) is 12.0 Å². The zero-order valence-electron chi connectivity index (χ0n) is 13.4. The van der Waals surface area contributed by atoms with Crippen LogP contribution in [0.5, 0.6) is 0 Å². The van der Waals surface area contributed by atoms with E-state index in [1.807, 2.05) is 19.2 Å². The molecule has 0 bridgehead atoms. The van der Waals surface area contributed by atoms with Gasteiger partial charge in [0.1, 0.15) is 0 Å². The lowest BCUT2D eigenvalue weighted by atomic mass is 10.0. The molecule has 1 unspecified atom stereocenters. The van der Waals surface area contributed by atoms with Crippen molar-refractivity contribution in [3.05, 3.63) is 64.7 Å². The summed E-state index contributed by atoms with van der Waals surface area (Å²) in [6.07, 6.45) is 0.556. The fraction of sp³-hybridized carbons (Fsp3) is 0.368. The summed E-state index contributed by atoms with van der Waals surface area (Å²) < 4.78 is 0. The van der Waals surface area contributed by atoms with Crippen LogP contribution in [0.3, 0.4) is 0 Å². The molecule has 0 aromatic heterocycles. The third-order valence-corrected chi connectivity index (χ3v) is 3.98. The highest BCUT2D eigenvalue weighted by Gasteiger charge is 2.12. The van der Waals surface area contributed by atoms with Crippen molar-refractivity contribution in [2.75, 3.05) is 18.5 Å². The Morgan fingerprint density at radius 2 is 1.71 bits per heavy atom. The van der Waals surface area contributed by atoms with Crippen LogP contribution in [0.15, 0.2) is 42.5 Å². The zero-order chi connectivity index (χ0) is 15.4. The predicted octanol–water partition coefficient (Wildman–Crippen LogP) is 4.04. The van der Waals surface area contributed by atoms with Gasteiger partial charge in [-0.1, -0.05) is 48.9 Å². The molecular weight excluding hydrogens is 258 g/mol. The van der Waals surface area contributed by atoms with E-state index < -0.39 is 6.10 Å². The van der Waals surface area contributed by atoms with Crippen LogP contribution >= 0.6 is 0 Å². The minimum atomic E-state index is -0.471. The SMILES string of the molecule is CCc1ccc(C(O)CN(C)c2ccc(C)cc2C)cc1. The van der Waals surface area contributed by atoms with Crippen molar-refractivity contribution >= 4 is 5.69 Å². The van der Waals surface area contributed by atoms with Crippen molar-refractivity contribution in [1.29, 1.82) is 0 Å². The molecule has 112 valence electrons. The van der Waals surface area contributed by atoms with Crippen molar-refractivity contribution in [3.63, 3.8) is 0 Å². The summed E-state index contributed by atoms with van der Waals surface area (Å²) in [5.41, 5.74) is 5.95. The summed E-state index contributed by atoms with van der Waals surface area (Å²) in [5.74, 6) is 0. The normalized spacial score (nSPS) is 12.2. The molecule has 0 amide bonds. The number of aliphatic hydroxyl groups excluding tert-OH is 1. The number of rotatable bonds is 5. The average molecular weight is 283 g/mol. The molecule has 21 heavy (non-hydrogen) atoms. The van der Waals surface area contributed by atoms with E-state index in [1.165, 1.54) is 22.4 Å². The molecule has 0 fully saturated rings. The Kier molecular flexibility index (Phi) is 5.03. The molecule has 1 atom stereocenters. The molecule has 0 spiro atoms. The maximum atomic E-state index is 10.4. The highest BCUT2D eigenvalue weighted by atomic mass is 16.3. The van der Waals surface area contributed by atoms with E-state index in [9.17, 15) is 5.11 Å². The van der Waals surface area contributed by atoms with Crippen LogP contribution in [0, 0.1) is 13.8 Å². The second-order valence-electron chi connectivity index (χ2n) is 5.78. The molecule has 2 heteroatoms. The summed E-state index contributed by atoms with van der Waals surface area (Å²) in [7, 11) is 2.03. The lowest BCUT2D eigenvalue weighted by Crippen LogP contribution is -2.24. The number of aliphatic hydroxyl groups is 1. The Bertz CT molecular complexity index is 589. The highest BCUT2D eigenvalue weighted by Crippen LogP contribution is 2.23. The van der Waals surface area contributed by atoms with Crippen molar-refractivity contribution in [1.82, 2.24) is 0 Å². The quantitative estimate of drug-likeness (QED) is 0.895. The Morgan fingerprint density at radius 3 is 2.29 bits per heavy atom. The molecule has 0 saturated heterocycles. The molecule has 0 radical (unpaired) electrons. The zero-order valence-corrected chi connectivity index (χ0v) is 13.4. The van der Waals surface area contributed by atoms with Crippen molar-refractivity contribution in [3.8, 4) is 0 Å². The van der Waals surface area contributed by atoms with Crippen LogP contribution in [0.25, 0.3) is 0 Å². The Labute approximate surface area is 128 Å². The third-order valence-electron chi connectivity index (χ3n) is 3.98. The van der Waals surface area contributed by atoms with Gasteiger partial charge in [0.2, 0.25) is 0 Å². The molecule has 0 saturated carbocycles. The van der Waals surface area contributed by atoms with Gasteiger partial charge in [0, 0.05) is 19.3 Å². The number of aryl methyl sites for hydroxylation is 3. The maximum absolute atomic E-state index is 10.4. The Hall–Kier alpha value is -1.80. The van der Waals surface area contributed by atoms with E-state index in [-0.39, 0.29) is 0 Å². The number of likely N-dealkylation sites (N-methyl/N-ethyl adjacent to an activating group) is 1. The lowest BCUT2D eigenvalue weighted by molar-refractivity contribution is 0.185. The molecule has 1 N–H and O–H groups in total. The lowest BCUT2D eigenvalue weighted by Gasteiger charge is -2.25. The summed E-state index contributed by atoms with van der Waals surface area (Å²) in [4.78, 5) is 2.12. The fourth-order valence-electron chi connectivity index (χ4n) is 2.67. The van der Waals surface area contributed by atoms with Gasteiger partial charge in [-0.2, -0.15) is 0 Å². The molecule has 2 aromatic carbocycles. The first-order valence-electron chi connectivity index (χ1n) is 7.56. The van der Waals surface area contributed by atoms with E-state index in [0.29, 0.717) is 6.54 Å². The van der Waals surface area contributed by atoms with E-state index in [1.54, 1.807) is 0 Å². The molecular formula is C19H25NO. The van der Waals surface area contributed by atoms with Crippen molar-refractivity contribution < 1.29 is 5.11 Å². The standard InChI is InChI=1S/C19H25NO/c1-5-16-7-9-17(10-8-16)19(21)13-20(4)18-11-6-14(2)12-15(18)3/h6-12,19,21H,5,13H2,1-4H3. The summed E-state index contributed by atoms with van der Waals surface area (Å²) >= 11 is 0. The Morgan fingerprint density at radius 1 is 1.05 bits per heavy atom. The van der Waals surface area contributed by atoms with Gasteiger partial charge in [-0.15, -0.1) is 0 Å². The molecule has 2 nitrogen and oxygen atoms in total. The largest absolute Gasteiger partial charge is 0.387 e. The van der Waals surface area contributed by atoms with Gasteiger partial charge in [0.05, 0.1) is 6.10 Å². The Balaban J connectivity index is 2.08. The highest BCUT2D eigenvalue weighted by molar-refractivity contribution is 5.54. The number of hydrogen-bond acceptors (Lipinski definition) is 2. The first-order chi connectivity index (χ1) is 10.0. The van der Waals surface area contributed by atoms with Gasteiger partial charge in [0.25, 0.3) is 0 Å². The number of anilines is 1. The predicted molar refractivity (Wildman–Crippen MR) is 90.0 cm³/mol. The second-order valence-corrected chi connectivity index (χ2v) is 5.78. The van der Waals surface area contributed by atoms with E-state index in [4.69, 9.17) is 0 Å². The summed E-state index contributed by atoms with van der Waals surface area (Å²) in [6.45, 7) is 6.94. The van der Waals surface area contributed by atoms with Crippen molar-refractivity contribution in [2.24, 2.45) is 0 Å². The number of hydrogen-bond donors (Lipinski definition) is 1. The van der Waals surface area contributed by atoms with Crippen LogP contribution in [-0.4, -0.2) is 18.7 Å². The van der Waals surface area contributed by atoms with Crippen LogP contribution in [0.2, 0.25) is 0 Å². The van der Waals surface area contributed by atoms with Crippen LogP contribution in [0.4, 0.5) is 5.69 Å². The van der Waals surface area contributed by atoms with Crippen LogP contribution in [0.1, 0.15) is 35.3 Å². The number of benzene rings is 2. The van der Waals surface area contributed by atoms with Crippen molar-refractivity contribution in [2.45, 2.75) is 33.3 Å². The third kappa shape index (κ3) is 3.85. The van der Waals surface area contributed by atoms with Gasteiger partial charge >= 0.3 is 0 Å². The fourth-order valence-corrected chi connectivity index (χ4v) is 2.67. The molecule has 0 aliphatic carbocycles. The average Bonchev–Trinajstić information content (AvgIpc) is 2.47. The topological polar surface area (TPSA) is 23.5 Å². The van der Waals surface area contributed by atoms with Gasteiger partial charge < -0.3 is 10.0 Å². The van der Waals surface area contributed by atoms with Gasteiger partial charge in [0.15, 0.2) is 0 Å². The number of nitrogens with zero attached hydrogens (tertiary/aromatic N) is 1. The molecule has 0 heterocycles. The van der Waals surface area contributed by atoms with Crippen LogP contribution in [-0.2, 0) is 6.42 Å². The summed E-state index contributed by atoms with van der Waals surface area (Å²) in [5, 5.41) is 10.4. The first-order valence-corrected chi connectivity index (χ1v) is 7.56. The minimum Gasteiger partial charge on any atom is -0.387 e. The summed E-state index contributed by atoms with van der Waals surface area (Å²) in [6, 6.07) is 14.6. The first kappa shape index (κ1) is 15.6. The second kappa shape index (κ2) is 6.77. The van der Waals surface area contributed by atoms with Crippen LogP contribution < -0.4 is 4.90 Å². The smallest absolute Gasteiger partial charge is 0.0964 e.